The molecule has 388 valence electrons. The Hall–Kier alpha value is -8.76. The van der Waals surface area contributed by atoms with E-state index < -0.39 is 29.6 Å². The first-order valence-electron chi connectivity index (χ1n) is 24.1. The van der Waals surface area contributed by atoms with Gasteiger partial charge in [-0.3, -0.25) is 0 Å². The molecule has 0 aliphatic carbocycles. The van der Waals surface area contributed by atoms with E-state index in [1.165, 1.54) is 121 Å². The number of hydrogen-bond donors (Lipinski definition) is 2. The molecule has 0 aromatic heterocycles. The number of nitrogen functional groups attached to an aromatic ring is 2. The molecule has 6 rings (SSSR count). The number of anilines is 2. The van der Waals surface area contributed by atoms with E-state index in [9.17, 15) is 9.59 Å². The smallest absolute Gasteiger partial charge is 0.426 e. The van der Waals surface area contributed by atoms with Crippen molar-refractivity contribution in [2.24, 2.45) is 5.41 Å². The summed E-state index contributed by atoms with van der Waals surface area (Å²) in [7, 11) is 0. The lowest BCUT2D eigenvalue weighted by atomic mass is 9.77. The molecule has 6 aromatic rings. The number of nitriles is 2. The minimum absolute atomic E-state index is 0.116. The normalized spacial score (nSPS) is 11.7. The van der Waals surface area contributed by atoms with E-state index >= 15 is 17.6 Å². The highest BCUT2D eigenvalue weighted by molar-refractivity contribution is 5.87. The number of carbonyl (C=O) groups is 2. The Morgan fingerprint density at radius 3 is 1.17 bits per heavy atom. The number of carbonyl (C=O) groups excluding carboxylic acids is 2. The maximum atomic E-state index is 15.1. The zero-order chi connectivity index (χ0) is 53.5. The second-order valence-corrected chi connectivity index (χ2v) is 17.6. The Balaban J connectivity index is 1.08. The maximum Gasteiger partial charge on any atom is 0.426 e. The maximum absolute atomic E-state index is 15.1. The molecule has 75 heavy (non-hydrogen) atoms. The van der Waals surface area contributed by atoms with Gasteiger partial charge in [0, 0.05) is 41.8 Å². The zero-order valence-electron chi connectivity index (χ0n) is 41.0. The van der Waals surface area contributed by atoms with Gasteiger partial charge in [0.1, 0.15) is 36.2 Å². The van der Waals surface area contributed by atoms with E-state index in [-0.39, 0.29) is 48.7 Å². The van der Waals surface area contributed by atoms with Crippen molar-refractivity contribution in [3.63, 3.8) is 0 Å². The van der Waals surface area contributed by atoms with E-state index in [4.69, 9.17) is 50.4 Å². The minimum atomic E-state index is -3.66. The van der Waals surface area contributed by atoms with Crippen LogP contribution in [0.5, 0.6) is 23.0 Å². The van der Waals surface area contributed by atoms with Crippen molar-refractivity contribution >= 4 is 35.5 Å². The van der Waals surface area contributed by atoms with Crippen molar-refractivity contribution in [2.75, 3.05) is 37.9 Å². The van der Waals surface area contributed by atoms with Gasteiger partial charge in [-0.15, -0.1) is 0 Å². The van der Waals surface area contributed by atoms with E-state index in [1.54, 1.807) is 24.3 Å². The van der Waals surface area contributed by atoms with Crippen LogP contribution in [0.15, 0.2) is 158 Å². The zero-order valence-corrected chi connectivity index (χ0v) is 41.0. The molecule has 0 saturated heterocycles. The summed E-state index contributed by atoms with van der Waals surface area (Å²) in [5.41, 5.74) is 13.9. The van der Waals surface area contributed by atoms with E-state index in [0.29, 0.717) is 85.7 Å². The number of benzene rings is 6. The third kappa shape index (κ3) is 18.4. The minimum Gasteiger partial charge on any atom is -0.494 e. The van der Waals surface area contributed by atoms with Gasteiger partial charge in [0.2, 0.25) is 0 Å². The number of rotatable bonds is 28. The van der Waals surface area contributed by atoms with Crippen LogP contribution >= 0.6 is 0 Å². The molecular weight excluding hydrogens is 969 g/mol. The summed E-state index contributed by atoms with van der Waals surface area (Å²) in [5, 5.41) is 17.3. The fraction of sp³-hybridized carbons (Fsp3) is 0.254. The Labute approximate surface area is 433 Å². The average Bonchev–Trinajstić information content (AvgIpc) is 3.40. The van der Waals surface area contributed by atoms with Gasteiger partial charge in [-0.1, -0.05) is 48.5 Å². The quantitative estimate of drug-likeness (QED) is 0.0156. The molecule has 16 heteroatoms. The Kier molecular flexibility index (Phi) is 20.2. The van der Waals surface area contributed by atoms with Crippen LogP contribution in [0.25, 0.3) is 12.2 Å². The highest BCUT2D eigenvalue weighted by Gasteiger charge is 2.37. The van der Waals surface area contributed by atoms with Crippen LogP contribution in [0.1, 0.15) is 71.9 Å². The lowest BCUT2D eigenvalue weighted by molar-refractivity contribution is -0.186. The second-order valence-electron chi connectivity index (χ2n) is 17.6. The van der Waals surface area contributed by atoms with Gasteiger partial charge in [-0.25, -0.2) is 9.59 Å². The first kappa shape index (κ1) is 55.6. The molecule has 0 atom stereocenters. The van der Waals surface area contributed by atoms with Crippen LogP contribution in [0.4, 0.5) is 28.9 Å². The molecule has 6 aromatic carbocycles. The van der Waals surface area contributed by atoms with E-state index in [2.05, 4.69) is 12.1 Å². The molecule has 0 saturated carbocycles. The van der Waals surface area contributed by atoms with Crippen molar-refractivity contribution in [3.05, 3.63) is 191 Å². The Morgan fingerprint density at radius 1 is 0.480 bits per heavy atom. The molecule has 0 amide bonds. The topological polar surface area (TPSA) is 189 Å². The monoisotopic (exact) mass is 1020 g/mol. The van der Waals surface area contributed by atoms with Crippen LogP contribution in [-0.2, 0) is 44.1 Å². The summed E-state index contributed by atoms with van der Waals surface area (Å²) in [4.78, 5) is 26.7. The van der Waals surface area contributed by atoms with Crippen molar-refractivity contribution in [2.45, 2.75) is 63.6 Å². The lowest BCUT2D eigenvalue weighted by Gasteiger charge is -2.33. The fourth-order valence-electron chi connectivity index (χ4n) is 7.51. The predicted octanol–water partition coefficient (Wildman–Crippen LogP) is 12.5. The van der Waals surface area contributed by atoms with Gasteiger partial charge in [-0.2, -0.15) is 28.1 Å². The molecule has 0 radical (unpaired) electrons. The molecule has 0 aliphatic rings. The Morgan fingerprint density at radius 2 is 0.827 bits per heavy atom. The summed E-state index contributed by atoms with van der Waals surface area (Å²) in [6, 6.07) is 40.3. The predicted molar refractivity (Wildman–Crippen MR) is 276 cm³/mol. The van der Waals surface area contributed by atoms with Gasteiger partial charge in [0.15, 0.2) is 0 Å². The van der Waals surface area contributed by atoms with Crippen LogP contribution in [0.2, 0.25) is 0 Å². The standard InChI is InChI=1S/C59H56F4N4O8/c60-58(61,47-17-29-51(30-18-47)70-37-5-1-3-35-64)74-53-25-11-43(12-26-53)15-33-55(68)72-41-57(39-45-7-21-49(66)22-8-45,40-46-9-23-50(67)24-10-46)42-73-56(69)34-16-44-13-27-54(28-14-44)75-59(62,63)48-19-31-52(32-20-48)71-38-6-2-4-36-65/h7-34H,1-6,37-42,66-67H2/b33-15+,34-16+. The molecule has 0 unspecified atom stereocenters. The summed E-state index contributed by atoms with van der Waals surface area (Å²) in [6.07, 6.45) is 2.03. The second kappa shape index (κ2) is 27.3. The molecule has 0 fully saturated rings. The van der Waals surface area contributed by atoms with Crippen LogP contribution in [0.3, 0.4) is 0 Å². The van der Waals surface area contributed by atoms with E-state index in [0.717, 1.165) is 11.1 Å². The summed E-state index contributed by atoms with van der Waals surface area (Å²) in [6.45, 7) is 0.287. The van der Waals surface area contributed by atoms with Gasteiger partial charge in [0.05, 0.1) is 36.5 Å². The fourth-order valence-corrected chi connectivity index (χ4v) is 7.51. The molecule has 4 N–H and O–H groups in total. The highest BCUT2D eigenvalue weighted by atomic mass is 19.3. The SMILES string of the molecule is N#CCCCCOc1ccc(C(F)(F)Oc2ccc(/C=C/C(=O)OCC(COC(=O)/C=C/c3ccc(OC(F)(F)c4ccc(OCCCCC#N)cc4)cc3)(Cc3ccc(N)cc3)Cc3ccc(N)cc3)cc2)cc1. The van der Waals surface area contributed by atoms with Crippen LogP contribution in [-0.4, -0.2) is 38.4 Å². The number of ether oxygens (including phenoxy) is 6. The number of esters is 2. The van der Waals surface area contributed by atoms with Gasteiger partial charge in [-0.05, 0) is 170 Å². The summed E-state index contributed by atoms with van der Waals surface area (Å²) < 4.78 is 93.4. The first-order chi connectivity index (χ1) is 36.1. The summed E-state index contributed by atoms with van der Waals surface area (Å²) >= 11 is 0. The molecule has 0 bridgehead atoms. The van der Waals surface area contributed by atoms with Crippen molar-refractivity contribution in [1.29, 1.82) is 10.5 Å². The number of nitrogens with zero attached hydrogens (tertiary/aromatic N) is 2. The molecule has 0 aliphatic heterocycles. The van der Waals surface area contributed by atoms with Gasteiger partial charge >= 0.3 is 24.2 Å². The number of hydrogen-bond acceptors (Lipinski definition) is 12. The Bertz CT molecular complexity index is 2700. The van der Waals surface area contributed by atoms with Crippen molar-refractivity contribution < 1.29 is 55.6 Å². The summed E-state index contributed by atoms with van der Waals surface area (Å²) in [5.74, 6) is -0.854. The largest absolute Gasteiger partial charge is 0.494 e. The lowest BCUT2D eigenvalue weighted by Crippen LogP contribution is -2.38. The van der Waals surface area contributed by atoms with Crippen LogP contribution in [0, 0.1) is 28.1 Å². The molecular formula is C59H56F4N4O8. The molecule has 0 spiro atoms. The van der Waals surface area contributed by atoms with Crippen molar-refractivity contribution in [3.8, 4) is 35.1 Å². The molecule has 12 nitrogen and oxygen atoms in total. The number of halogens is 4. The number of unbranched alkanes of at least 4 members (excludes halogenated alkanes) is 4. The number of nitrogens with two attached hydrogens (primary N) is 2. The average molecular weight is 1030 g/mol. The van der Waals surface area contributed by atoms with Gasteiger partial charge < -0.3 is 39.9 Å². The molecule has 0 heterocycles. The third-order valence-corrected chi connectivity index (χ3v) is 11.5. The van der Waals surface area contributed by atoms with E-state index in [1.807, 2.05) is 24.3 Å². The third-order valence-electron chi connectivity index (χ3n) is 11.5. The van der Waals surface area contributed by atoms with Gasteiger partial charge in [0.25, 0.3) is 0 Å². The number of alkyl halides is 4. The van der Waals surface area contributed by atoms with Crippen LogP contribution < -0.4 is 30.4 Å². The first-order valence-corrected chi connectivity index (χ1v) is 24.1. The highest BCUT2D eigenvalue weighted by Crippen LogP contribution is 2.35. The van der Waals surface area contributed by atoms with Crippen molar-refractivity contribution in [1.82, 2.24) is 0 Å².